The molecule has 2 aromatic heterocycles. The number of benzene rings is 7. The molecule has 4 heteroatoms. The lowest BCUT2D eigenvalue weighted by Crippen LogP contribution is -2.06. The highest BCUT2D eigenvalue weighted by Gasteiger charge is 2.15. The molecule has 0 saturated carbocycles. The second-order valence-corrected chi connectivity index (χ2v) is 12.0. The number of hydrogen-bond donors (Lipinski definition) is 1. The molecule has 48 heavy (non-hydrogen) atoms. The van der Waals surface area contributed by atoms with Crippen LogP contribution in [-0.2, 0) is 0 Å². The Hall–Kier alpha value is -6.52. The maximum absolute atomic E-state index is 5.04. The lowest BCUT2D eigenvalue weighted by molar-refractivity contribution is 1.19. The van der Waals surface area contributed by atoms with Gasteiger partial charge in [-0.05, 0) is 62.3 Å². The van der Waals surface area contributed by atoms with Gasteiger partial charge >= 0.3 is 0 Å². The molecule has 9 aromatic rings. The molecular formula is C44H30N4. The molecule has 0 amide bonds. The quantitative estimate of drug-likeness (QED) is 0.115. The summed E-state index contributed by atoms with van der Waals surface area (Å²) in [5, 5.41) is 12.2. The van der Waals surface area contributed by atoms with E-state index in [4.69, 9.17) is 10.1 Å². The first-order valence-corrected chi connectivity index (χ1v) is 16.2. The topological polar surface area (TPSA) is 41.7 Å². The van der Waals surface area contributed by atoms with Crippen molar-refractivity contribution in [1.29, 1.82) is 0 Å². The van der Waals surface area contributed by atoms with Crippen molar-refractivity contribution in [3.05, 3.63) is 187 Å². The SMILES string of the molecule is c1ccc(C(=NNc2cc3c4ccccc4c(-c4ccc(-c5cn6ccccc6n5)cc4)cc3c3ccccc23)c2ccccc2)cc1. The van der Waals surface area contributed by atoms with E-state index in [1.165, 1.54) is 38.1 Å². The molecule has 0 aliphatic carbocycles. The molecule has 0 radical (unpaired) electrons. The summed E-state index contributed by atoms with van der Waals surface area (Å²) in [4.78, 5) is 4.83. The summed E-state index contributed by atoms with van der Waals surface area (Å²) in [7, 11) is 0. The van der Waals surface area contributed by atoms with Crippen LogP contribution < -0.4 is 5.43 Å². The molecular weight excluding hydrogens is 585 g/mol. The Morgan fingerprint density at radius 1 is 0.500 bits per heavy atom. The maximum Gasteiger partial charge on any atom is 0.137 e. The van der Waals surface area contributed by atoms with E-state index in [1.54, 1.807) is 0 Å². The Kier molecular flexibility index (Phi) is 6.76. The van der Waals surface area contributed by atoms with Gasteiger partial charge in [-0.15, -0.1) is 0 Å². The zero-order chi connectivity index (χ0) is 31.9. The summed E-state index contributed by atoms with van der Waals surface area (Å²) in [6.45, 7) is 0. The molecule has 0 fully saturated rings. The van der Waals surface area contributed by atoms with E-state index in [1.807, 2.05) is 36.5 Å². The van der Waals surface area contributed by atoms with Gasteiger partial charge in [0.15, 0.2) is 0 Å². The zero-order valence-corrected chi connectivity index (χ0v) is 26.1. The number of rotatable bonds is 6. The second kappa shape index (κ2) is 11.7. The van der Waals surface area contributed by atoms with Crippen LogP contribution in [0.15, 0.2) is 181 Å². The van der Waals surface area contributed by atoms with Gasteiger partial charge in [-0.25, -0.2) is 4.98 Å². The summed E-state index contributed by atoms with van der Waals surface area (Å²) < 4.78 is 2.06. The first-order chi connectivity index (χ1) is 23.8. The van der Waals surface area contributed by atoms with Gasteiger partial charge < -0.3 is 4.40 Å². The van der Waals surface area contributed by atoms with Gasteiger partial charge in [0.25, 0.3) is 0 Å². The molecule has 9 rings (SSSR count). The molecule has 0 aliphatic rings. The van der Waals surface area contributed by atoms with Crippen LogP contribution in [0, 0.1) is 0 Å². The van der Waals surface area contributed by atoms with E-state index in [0.29, 0.717) is 0 Å². The van der Waals surface area contributed by atoms with Crippen LogP contribution in [0.3, 0.4) is 0 Å². The van der Waals surface area contributed by atoms with Crippen LogP contribution in [0.5, 0.6) is 0 Å². The minimum atomic E-state index is 0.896. The fraction of sp³-hybridized carbons (Fsp3) is 0. The standard InChI is InChI=1S/C44H30N4/c1-3-13-32(14-4-1)44(33-15-5-2-6-16-33)47-46-41-28-40-35-18-8-7-17-34(35)38(27-39(40)36-19-9-10-20-37(36)41)30-22-24-31(25-23-30)42-29-48-26-12-11-21-43(48)45-42/h1-29,46H. The van der Waals surface area contributed by atoms with Crippen molar-refractivity contribution in [1.82, 2.24) is 9.38 Å². The van der Waals surface area contributed by atoms with E-state index in [2.05, 4.69) is 149 Å². The van der Waals surface area contributed by atoms with Crippen molar-refractivity contribution in [2.45, 2.75) is 0 Å². The van der Waals surface area contributed by atoms with Crippen molar-refractivity contribution in [2.24, 2.45) is 5.10 Å². The lowest BCUT2D eigenvalue weighted by atomic mass is 9.90. The fourth-order valence-electron chi connectivity index (χ4n) is 6.78. The summed E-state index contributed by atoms with van der Waals surface area (Å²) in [5.41, 5.74) is 12.9. The Morgan fingerprint density at radius 3 is 1.75 bits per heavy atom. The minimum Gasteiger partial charge on any atom is -0.306 e. The van der Waals surface area contributed by atoms with Gasteiger partial charge in [-0.2, -0.15) is 5.10 Å². The van der Waals surface area contributed by atoms with E-state index in [-0.39, 0.29) is 0 Å². The molecule has 1 N–H and O–H groups in total. The number of anilines is 1. The maximum atomic E-state index is 5.04. The number of fused-ring (bicyclic) bond motifs is 6. The monoisotopic (exact) mass is 614 g/mol. The molecule has 0 unspecified atom stereocenters. The average Bonchev–Trinajstić information content (AvgIpc) is 3.60. The van der Waals surface area contributed by atoms with E-state index in [9.17, 15) is 0 Å². The van der Waals surface area contributed by atoms with Crippen LogP contribution in [0.25, 0.3) is 60.3 Å². The van der Waals surface area contributed by atoms with Crippen molar-refractivity contribution in [2.75, 3.05) is 5.43 Å². The highest BCUT2D eigenvalue weighted by atomic mass is 15.3. The summed E-state index contributed by atoms with van der Waals surface area (Å²) in [6, 6.07) is 57.5. The third-order valence-corrected chi connectivity index (χ3v) is 9.12. The number of pyridine rings is 1. The molecule has 226 valence electrons. The van der Waals surface area contributed by atoms with Crippen molar-refractivity contribution >= 4 is 49.4 Å². The van der Waals surface area contributed by atoms with Gasteiger partial charge in [0.05, 0.1) is 17.1 Å². The third kappa shape index (κ3) is 4.88. The Morgan fingerprint density at radius 2 is 1.06 bits per heavy atom. The minimum absolute atomic E-state index is 0.896. The number of hydrazone groups is 1. The molecule has 2 heterocycles. The van der Waals surface area contributed by atoms with Crippen molar-refractivity contribution in [3.8, 4) is 22.4 Å². The van der Waals surface area contributed by atoms with E-state index in [0.717, 1.165) is 44.8 Å². The molecule has 0 aliphatic heterocycles. The summed E-state index contributed by atoms with van der Waals surface area (Å²) >= 11 is 0. The largest absolute Gasteiger partial charge is 0.306 e. The molecule has 7 aromatic carbocycles. The van der Waals surface area contributed by atoms with E-state index < -0.39 is 0 Å². The zero-order valence-electron chi connectivity index (χ0n) is 26.1. The predicted molar refractivity (Wildman–Crippen MR) is 201 cm³/mol. The second-order valence-electron chi connectivity index (χ2n) is 12.0. The normalized spacial score (nSPS) is 11.3. The number of nitrogens with zero attached hydrogens (tertiary/aromatic N) is 3. The molecule has 0 saturated heterocycles. The van der Waals surface area contributed by atoms with Crippen LogP contribution in [0.1, 0.15) is 11.1 Å². The van der Waals surface area contributed by atoms with Crippen molar-refractivity contribution in [3.63, 3.8) is 0 Å². The fourth-order valence-corrected chi connectivity index (χ4v) is 6.78. The number of imidazole rings is 1. The van der Waals surface area contributed by atoms with Gasteiger partial charge in [-0.3, -0.25) is 5.43 Å². The Labute approximate surface area is 278 Å². The average molecular weight is 615 g/mol. The predicted octanol–water partition coefficient (Wildman–Crippen LogP) is 11.0. The van der Waals surface area contributed by atoms with Crippen LogP contribution in [0.2, 0.25) is 0 Å². The number of aromatic nitrogens is 2. The summed E-state index contributed by atoms with van der Waals surface area (Å²) in [5.74, 6) is 0. The molecule has 0 bridgehead atoms. The first kappa shape index (κ1) is 27.8. The van der Waals surface area contributed by atoms with Gasteiger partial charge in [0.1, 0.15) is 5.65 Å². The number of hydrogen-bond acceptors (Lipinski definition) is 3. The Balaban J connectivity index is 1.19. The smallest absolute Gasteiger partial charge is 0.137 e. The van der Waals surface area contributed by atoms with Crippen LogP contribution in [-0.4, -0.2) is 15.1 Å². The molecule has 4 nitrogen and oxygen atoms in total. The van der Waals surface area contributed by atoms with Gasteiger partial charge in [-0.1, -0.05) is 140 Å². The number of nitrogens with one attached hydrogen (secondary N) is 1. The van der Waals surface area contributed by atoms with Crippen LogP contribution in [0.4, 0.5) is 5.69 Å². The highest BCUT2D eigenvalue weighted by molar-refractivity contribution is 6.23. The lowest BCUT2D eigenvalue weighted by Gasteiger charge is -2.16. The molecule has 0 atom stereocenters. The van der Waals surface area contributed by atoms with Crippen molar-refractivity contribution < 1.29 is 0 Å². The van der Waals surface area contributed by atoms with E-state index >= 15 is 0 Å². The highest BCUT2D eigenvalue weighted by Crippen LogP contribution is 2.41. The van der Waals surface area contributed by atoms with Crippen LogP contribution >= 0.6 is 0 Å². The Bertz CT molecular complexity index is 2540. The van der Waals surface area contributed by atoms with Gasteiger partial charge in [0.2, 0.25) is 0 Å². The first-order valence-electron chi connectivity index (χ1n) is 16.2. The third-order valence-electron chi connectivity index (χ3n) is 9.12. The van der Waals surface area contributed by atoms with Gasteiger partial charge in [0, 0.05) is 34.5 Å². The molecule has 0 spiro atoms. The summed E-state index contributed by atoms with van der Waals surface area (Å²) in [6.07, 6.45) is 4.12.